The fraction of sp³-hybridized carbons (Fsp3) is 0.538. The van der Waals surface area contributed by atoms with E-state index in [1.807, 2.05) is 0 Å². The van der Waals surface area contributed by atoms with Crippen molar-refractivity contribution in [3.8, 4) is 0 Å². The van der Waals surface area contributed by atoms with Gasteiger partial charge in [-0.25, -0.2) is 0 Å². The van der Waals surface area contributed by atoms with Crippen molar-refractivity contribution in [3.63, 3.8) is 0 Å². The van der Waals surface area contributed by atoms with Gasteiger partial charge in [-0.1, -0.05) is 35.0 Å². The number of hydrogen-bond acceptors (Lipinski definition) is 2. The Bertz CT molecular complexity index is 338. The number of halogens is 1. The van der Waals surface area contributed by atoms with E-state index in [0.29, 0.717) is 12.1 Å². The first-order valence-corrected chi connectivity index (χ1v) is 6.64. The van der Waals surface area contributed by atoms with E-state index in [2.05, 4.69) is 59.4 Å². The highest BCUT2D eigenvalue weighted by Gasteiger charge is 2.27. The lowest BCUT2D eigenvalue weighted by atomic mass is 10.0. The van der Waals surface area contributed by atoms with Gasteiger partial charge in [0.25, 0.3) is 0 Å². The molecule has 1 aliphatic rings. The number of morpholine rings is 1. The van der Waals surface area contributed by atoms with E-state index < -0.39 is 0 Å². The van der Waals surface area contributed by atoms with Crippen molar-refractivity contribution in [3.05, 3.63) is 34.3 Å². The highest BCUT2D eigenvalue weighted by atomic mass is 79.9. The van der Waals surface area contributed by atoms with Crippen LogP contribution in [0.5, 0.6) is 0 Å². The molecule has 16 heavy (non-hydrogen) atoms. The second-order valence-corrected chi connectivity index (χ2v) is 5.25. The molecule has 2 rings (SSSR count). The molecule has 1 aromatic carbocycles. The Kier molecular flexibility index (Phi) is 4.00. The van der Waals surface area contributed by atoms with E-state index in [1.165, 1.54) is 5.56 Å². The third-order valence-electron chi connectivity index (χ3n) is 3.11. The number of ether oxygens (including phenoxy) is 1. The molecule has 0 amide bonds. The minimum absolute atomic E-state index is 0.173. The zero-order valence-corrected chi connectivity index (χ0v) is 11.3. The van der Waals surface area contributed by atoms with E-state index >= 15 is 0 Å². The van der Waals surface area contributed by atoms with Gasteiger partial charge >= 0.3 is 0 Å². The van der Waals surface area contributed by atoms with Crippen LogP contribution in [-0.2, 0) is 4.74 Å². The van der Waals surface area contributed by atoms with E-state index in [4.69, 9.17) is 4.74 Å². The van der Waals surface area contributed by atoms with Gasteiger partial charge in [0.1, 0.15) is 0 Å². The number of nitrogens with one attached hydrogen (secondary N) is 1. The van der Waals surface area contributed by atoms with Crippen LogP contribution in [0.15, 0.2) is 28.7 Å². The summed E-state index contributed by atoms with van der Waals surface area (Å²) in [6, 6.07) is 8.78. The summed E-state index contributed by atoms with van der Waals surface area (Å²) in [5, 5.41) is 3.51. The Hall–Kier alpha value is -0.380. The Morgan fingerprint density at radius 1 is 1.38 bits per heavy atom. The van der Waals surface area contributed by atoms with Crippen LogP contribution in [-0.4, -0.2) is 18.7 Å². The molecule has 0 radical (unpaired) electrons. The molecule has 3 unspecified atom stereocenters. The molecular formula is C13H18BrNO. The van der Waals surface area contributed by atoms with Crippen LogP contribution in [0.4, 0.5) is 0 Å². The van der Waals surface area contributed by atoms with Crippen LogP contribution < -0.4 is 5.32 Å². The Balaban J connectivity index is 2.14. The monoisotopic (exact) mass is 283 g/mol. The van der Waals surface area contributed by atoms with Gasteiger partial charge in [-0.2, -0.15) is 0 Å². The smallest absolute Gasteiger partial charge is 0.0979 e. The topological polar surface area (TPSA) is 21.3 Å². The molecule has 3 atom stereocenters. The van der Waals surface area contributed by atoms with E-state index in [1.54, 1.807) is 0 Å². The fourth-order valence-corrected chi connectivity index (χ4v) is 2.32. The first-order chi connectivity index (χ1) is 7.70. The van der Waals surface area contributed by atoms with Gasteiger partial charge < -0.3 is 10.1 Å². The summed E-state index contributed by atoms with van der Waals surface area (Å²) in [6.07, 6.45) is 1.57. The number of benzene rings is 1. The van der Waals surface area contributed by atoms with Gasteiger partial charge in [0, 0.05) is 17.1 Å². The Morgan fingerprint density at radius 3 is 2.69 bits per heavy atom. The van der Waals surface area contributed by atoms with Crippen molar-refractivity contribution in [2.24, 2.45) is 0 Å². The van der Waals surface area contributed by atoms with Crippen molar-refractivity contribution in [1.29, 1.82) is 0 Å². The summed E-state index contributed by atoms with van der Waals surface area (Å²) in [5.74, 6) is 0. The van der Waals surface area contributed by atoms with Crippen LogP contribution in [0.3, 0.4) is 0 Å². The highest BCUT2D eigenvalue weighted by Crippen LogP contribution is 2.27. The van der Waals surface area contributed by atoms with E-state index in [9.17, 15) is 0 Å². The molecule has 1 N–H and O–H groups in total. The molecule has 1 aromatic rings. The summed E-state index contributed by atoms with van der Waals surface area (Å²) in [5.41, 5.74) is 1.25. The van der Waals surface area contributed by atoms with Crippen molar-refractivity contribution >= 4 is 15.9 Å². The normalized spacial score (nSPS) is 30.3. The quantitative estimate of drug-likeness (QED) is 0.900. The Labute approximate surface area is 106 Å². The third kappa shape index (κ3) is 2.65. The average molecular weight is 284 g/mol. The lowest BCUT2D eigenvalue weighted by molar-refractivity contribution is -0.0622. The minimum Gasteiger partial charge on any atom is -0.367 e. The van der Waals surface area contributed by atoms with Crippen molar-refractivity contribution in [2.45, 2.75) is 38.5 Å². The molecule has 0 bridgehead atoms. The summed E-state index contributed by atoms with van der Waals surface area (Å²) in [7, 11) is 0. The largest absolute Gasteiger partial charge is 0.367 e. The second-order valence-electron chi connectivity index (χ2n) is 4.34. The Morgan fingerprint density at radius 2 is 2.06 bits per heavy atom. The molecule has 1 fully saturated rings. The first-order valence-electron chi connectivity index (χ1n) is 5.85. The minimum atomic E-state index is 0.173. The molecule has 88 valence electrons. The maximum absolute atomic E-state index is 6.10. The first kappa shape index (κ1) is 12.1. The molecular weight excluding hydrogens is 266 g/mol. The summed E-state index contributed by atoms with van der Waals surface area (Å²) >= 11 is 3.45. The van der Waals surface area contributed by atoms with Gasteiger partial charge in [-0.3, -0.25) is 0 Å². The maximum Gasteiger partial charge on any atom is 0.0979 e. The van der Waals surface area contributed by atoms with Crippen LogP contribution in [0, 0.1) is 0 Å². The highest BCUT2D eigenvalue weighted by molar-refractivity contribution is 9.10. The number of rotatable bonds is 2. The van der Waals surface area contributed by atoms with Crippen molar-refractivity contribution < 1.29 is 4.74 Å². The summed E-state index contributed by atoms with van der Waals surface area (Å²) in [4.78, 5) is 0. The predicted octanol–water partition coefficient (Wildman–Crippen LogP) is 3.28. The zero-order valence-electron chi connectivity index (χ0n) is 9.74. The SMILES string of the molecule is CCC1CNC(C)C(c2ccc(Br)cc2)O1. The van der Waals surface area contributed by atoms with Crippen LogP contribution in [0.25, 0.3) is 0 Å². The van der Waals surface area contributed by atoms with Gasteiger partial charge in [-0.15, -0.1) is 0 Å². The van der Waals surface area contributed by atoms with E-state index in [0.717, 1.165) is 17.4 Å². The molecule has 0 aromatic heterocycles. The van der Waals surface area contributed by atoms with E-state index in [-0.39, 0.29) is 6.10 Å². The molecule has 0 spiro atoms. The predicted molar refractivity (Wildman–Crippen MR) is 69.5 cm³/mol. The lowest BCUT2D eigenvalue weighted by Crippen LogP contribution is -2.46. The number of hydrogen-bond donors (Lipinski definition) is 1. The van der Waals surface area contributed by atoms with Crippen molar-refractivity contribution in [2.75, 3.05) is 6.54 Å². The standard InChI is InChI=1S/C13H18BrNO/c1-3-12-8-15-9(2)13(16-12)10-4-6-11(14)7-5-10/h4-7,9,12-13,15H,3,8H2,1-2H3. The zero-order chi connectivity index (χ0) is 11.5. The fourth-order valence-electron chi connectivity index (χ4n) is 2.06. The molecule has 2 nitrogen and oxygen atoms in total. The molecule has 3 heteroatoms. The second kappa shape index (κ2) is 5.30. The molecule has 0 aliphatic carbocycles. The van der Waals surface area contributed by atoms with Crippen LogP contribution >= 0.6 is 15.9 Å². The van der Waals surface area contributed by atoms with Gasteiger partial charge in [0.05, 0.1) is 12.2 Å². The molecule has 1 heterocycles. The lowest BCUT2D eigenvalue weighted by Gasteiger charge is -2.35. The van der Waals surface area contributed by atoms with Gasteiger partial charge in [-0.05, 0) is 31.0 Å². The van der Waals surface area contributed by atoms with Gasteiger partial charge in [0.15, 0.2) is 0 Å². The molecule has 1 saturated heterocycles. The third-order valence-corrected chi connectivity index (χ3v) is 3.64. The summed E-state index contributed by atoms with van der Waals surface area (Å²) < 4.78 is 7.21. The molecule has 1 aliphatic heterocycles. The maximum atomic E-state index is 6.10. The summed E-state index contributed by atoms with van der Waals surface area (Å²) in [6.45, 7) is 5.31. The molecule has 0 saturated carbocycles. The average Bonchev–Trinajstić information content (AvgIpc) is 2.31. The van der Waals surface area contributed by atoms with Crippen LogP contribution in [0.2, 0.25) is 0 Å². The van der Waals surface area contributed by atoms with Crippen molar-refractivity contribution in [1.82, 2.24) is 5.32 Å². The van der Waals surface area contributed by atoms with Gasteiger partial charge in [0.2, 0.25) is 0 Å². The van der Waals surface area contributed by atoms with Crippen LogP contribution in [0.1, 0.15) is 31.9 Å².